The van der Waals surface area contributed by atoms with Crippen molar-refractivity contribution in [2.24, 2.45) is 17.8 Å². The Morgan fingerprint density at radius 3 is 2.96 bits per heavy atom. The Hall–Kier alpha value is -3.04. The van der Waals surface area contributed by atoms with Gasteiger partial charge in [0.25, 0.3) is 11.8 Å². The highest BCUT2D eigenvalue weighted by molar-refractivity contribution is 5.87. The number of nitro groups is 1. The van der Waals surface area contributed by atoms with Crippen molar-refractivity contribution in [1.29, 1.82) is 0 Å². The molecule has 10 nitrogen and oxygen atoms in total. The van der Waals surface area contributed by atoms with E-state index < -0.39 is 22.7 Å². The first-order valence-corrected chi connectivity index (χ1v) is 8.10. The normalized spacial score (nSPS) is 22.5. The van der Waals surface area contributed by atoms with Crippen LogP contribution in [0.15, 0.2) is 27.2 Å². The van der Waals surface area contributed by atoms with Crippen LogP contribution in [0.4, 0.5) is 0 Å². The van der Waals surface area contributed by atoms with Crippen LogP contribution in [-0.2, 0) is 20.9 Å². The number of furan rings is 1. The maximum absolute atomic E-state index is 12.0. The lowest BCUT2D eigenvalue weighted by Crippen LogP contribution is -2.27. The van der Waals surface area contributed by atoms with Crippen LogP contribution >= 0.6 is 0 Å². The van der Waals surface area contributed by atoms with Crippen LogP contribution in [0.25, 0.3) is 11.7 Å². The minimum Gasteiger partial charge on any atom is -0.459 e. The molecule has 1 saturated carbocycles. The maximum atomic E-state index is 12.0. The summed E-state index contributed by atoms with van der Waals surface area (Å²) in [5.41, 5.74) is 0. The molecule has 26 heavy (non-hydrogen) atoms. The summed E-state index contributed by atoms with van der Waals surface area (Å²) in [4.78, 5) is 34.4. The molecule has 2 aromatic heterocycles. The number of ether oxygens (including phenoxy) is 1. The van der Waals surface area contributed by atoms with Gasteiger partial charge in [0.05, 0.1) is 12.7 Å². The summed E-state index contributed by atoms with van der Waals surface area (Å²) < 4.78 is 15.5. The third kappa shape index (κ3) is 3.95. The number of carbonyl (C=O) groups is 2. The molecular weight excluding hydrogens is 346 g/mol. The average Bonchev–Trinajstić information content (AvgIpc) is 3.29. The second-order valence-corrected chi connectivity index (χ2v) is 6.28. The van der Waals surface area contributed by atoms with Crippen LogP contribution < -0.4 is 0 Å². The zero-order valence-corrected chi connectivity index (χ0v) is 14.0. The van der Waals surface area contributed by atoms with Gasteiger partial charge in [0, 0.05) is 23.2 Å². The van der Waals surface area contributed by atoms with E-state index in [1.807, 2.05) is 0 Å². The van der Waals surface area contributed by atoms with Gasteiger partial charge in [-0.25, -0.2) is 0 Å². The van der Waals surface area contributed by atoms with E-state index in [4.69, 9.17) is 13.6 Å². The fourth-order valence-electron chi connectivity index (χ4n) is 3.19. The second kappa shape index (κ2) is 7.46. The smallest absolute Gasteiger partial charge is 0.307 e. The summed E-state index contributed by atoms with van der Waals surface area (Å²) in [5.74, 6) is -1.42. The highest BCUT2D eigenvalue weighted by Crippen LogP contribution is 2.36. The van der Waals surface area contributed by atoms with Crippen LogP contribution in [0.1, 0.15) is 25.7 Å². The molecule has 138 valence electrons. The molecule has 0 amide bonds. The molecule has 0 aromatic carbocycles. The maximum Gasteiger partial charge on any atom is 0.307 e. The van der Waals surface area contributed by atoms with E-state index in [0.29, 0.717) is 5.76 Å². The molecule has 10 heteroatoms. The van der Waals surface area contributed by atoms with Gasteiger partial charge in [-0.2, -0.15) is 0 Å². The fraction of sp³-hybridized carbons (Fsp3) is 0.500. The van der Waals surface area contributed by atoms with E-state index in [1.54, 1.807) is 19.1 Å². The topological polar surface area (TPSA) is 139 Å². The molecule has 0 aliphatic heterocycles. The summed E-state index contributed by atoms with van der Waals surface area (Å²) >= 11 is 0. The average molecular weight is 363 g/mol. The van der Waals surface area contributed by atoms with Crippen molar-refractivity contribution in [3.63, 3.8) is 0 Å². The predicted octanol–water partition coefficient (Wildman–Crippen LogP) is 1.88. The molecular formula is C16H17N3O7. The fourth-order valence-corrected chi connectivity index (χ4v) is 3.19. The Morgan fingerprint density at radius 1 is 1.46 bits per heavy atom. The van der Waals surface area contributed by atoms with Crippen molar-refractivity contribution in [2.75, 3.05) is 6.54 Å². The standard InChI is InChI=1S/C16H17N3O7/c1-9-5-12(20)10(11(9)7-19(22)23)6-15(21)25-8-14-17-18-16(26-14)13-3-2-4-24-13/h2-4,9-11H,5-8H2,1H3/t9-,10+,11+/m0/s1. The van der Waals surface area contributed by atoms with Crippen molar-refractivity contribution in [3.8, 4) is 11.7 Å². The van der Waals surface area contributed by atoms with Gasteiger partial charge in [-0.1, -0.05) is 6.92 Å². The van der Waals surface area contributed by atoms with Gasteiger partial charge in [0.15, 0.2) is 12.4 Å². The first kappa shape index (κ1) is 17.8. The number of hydrogen-bond donors (Lipinski definition) is 0. The Kier molecular flexibility index (Phi) is 5.10. The van der Waals surface area contributed by atoms with Gasteiger partial charge in [0.2, 0.25) is 6.54 Å². The van der Waals surface area contributed by atoms with Crippen molar-refractivity contribution >= 4 is 11.8 Å². The van der Waals surface area contributed by atoms with Crippen LogP contribution in [0.3, 0.4) is 0 Å². The largest absolute Gasteiger partial charge is 0.459 e. The van der Waals surface area contributed by atoms with Crippen molar-refractivity contribution < 1.29 is 28.1 Å². The number of ketones is 1. The summed E-state index contributed by atoms with van der Waals surface area (Å²) in [6, 6.07) is 3.31. The van der Waals surface area contributed by atoms with Gasteiger partial charge in [0.1, 0.15) is 5.78 Å². The molecule has 0 radical (unpaired) electrons. The molecule has 1 aliphatic rings. The van der Waals surface area contributed by atoms with Crippen LogP contribution in [0, 0.1) is 27.9 Å². The zero-order valence-electron chi connectivity index (χ0n) is 14.0. The Bertz CT molecular complexity index is 799. The van der Waals surface area contributed by atoms with Gasteiger partial charge in [-0.05, 0) is 18.1 Å². The van der Waals surface area contributed by atoms with Gasteiger partial charge in [-0.15, -0.1) is 10.2 Å². The Morgan fingerprint density at radius 2 is 2.27 bits per heavy atom. The molecule has 0 bridgehead atoms. The van der Waals surface area contributed by atoms with Crippen LogP contribution in [0.5, 0.6) is 0 Å². The van der Waals surface area contributed by atoms with E-state index in [-0.39, 0.29) is 49.5 Å². The minimum atomic E-state index is -0.690. The summed E-state index contributed by atoms with van der Waals surface area (Å²) in [6.45, 7) is 1.20. The third-order valence-corrected chi connectivity index (χ3v) is 4.49. The number of nitrogens with zero attached hydrogens (tertiary/aromatic N) is 3. The monoisotopic (exact) mass is 363 g/mol. The number of Topliss-reactive ketones (excluding diaryl/α,β-unsaturated/α-hetero) is 1. The Balaban J connectivity index is 1.55. The number of aromatic nitrogens is 2. The molecule has 0 unspecified atom stereocenters. The summed E-state index contributed by atoms with van der Waals surface area (Å²) in [6.07, 6.45) is 1.51. The van der Waals surface area contributed by atoms with E-state index in [2.05, 4.69) is 10.2 Å². The number of rotatable bonds is 7. The third-order valence-electron chi connectivity index (χ3n) is 4.49. The van der Waals surface area contributed by atoms with E-state index in [0.717, 1.165) is 0 Å². The molecule has 2 aromatic rings. The number of carbonyl (C=O) groups excluding carboxylic acids is 2. The van der Waals surface area contributed by atoms with Crippen LogP contribution in [-0.4, -0.2) is 33.4 Å². The molecule has 0 spiro atoms. The molecule has 2 heterocycles. The van der Waals surface area contributed by atoms with E-state index in [9.17, 15) is 19.7 Å². The van der Waals surface area contributed by atoms with Crippen LogP contribution in [0.2, 0.25) is 0 Å². The lowest BCUT2D eigenvalue weighted by molar-refractivity contribution is -0.490. The minimum absolute atomic E-state index is 0.0812. The predicted molar refractivity (Wildman–Crippen MR) is 84.0 cm³/mol. The second-order valence-electron chi connectivity index (χ2n) is 6.28. The molecule has 1 aliphatic carbocycles. The summed E-state index contributed by atoms with van der Waals surface area (Å²) in [7, 11) is 0. The lowest BCUT2D eigenvalue weighted by atomic mass is 9.88. The quantitative estimate of drug-likeness (QED) is 0.410. The summed E-state index contributed by atoms with van der Waals surface area (Å²) in [5, 5.41) is 18.3. The highest BCUT2D eigenvalue weighted by atomic mass is 16.6. The number of esters is 1. The Labute approximate surface area is 147 Å². The zero-order chi connectivity index (χ0) is 18.7. The number of hydrogen-bond acceptors (Lipinski definition) is 9. The first-order chi connectivity index (χ1) is 12.4. The van der Waals surface area contributed by atoms with E-state index in [1.165, 1.54) is 6.26 Å². The van der Waals surface area contributed by atoms with Gasteiger partial charge < -0.3 is 13.6 Å². The van der Waals surface area contributed by atoms with Gasteiger partial charge >= 0.3 is 5.97 Å². The van der Waals surface area contributed by atoms with Crippen molar-refractivity contribution in [3.05, 3.63) is 34.4 Å². The lowest BCUT2D eigenvalue weighted by Gasteiger charge is -2.16. The van der Waals surface area contributed by atoms with Crippen molar-refractivity contribution in [1.82, 2.24) is 10.2 Å². The van der Waals surface area contributed by atoms with E-state index >= 15 is 0 Å². The molecule has 1 fully saturated rings. The SMILES string of the molecule is C[C@H]1CC(=O)[C@H](CC(=O)OCc2nnc(-c3ccco3)o2)[C@@H]1C[N+](=O)[O-]. The van der Waals surface area contributed by atoms with Gasteiger partial charge in [-0.3, -0.25) is 19.7 Å². The highest BCUT2D eigenvalue weighted by Gasteiger charge is 2.44. The molecule has 0 saturated heterocycles. The molecule has 3 atom stereocenters. The molecule has 0 N–H and O–H groups in total. The first-order valence-electron chi connectivity index (χ1n) is 8.10. The van der Waals surface area contributed by atoms with Crippen molar-refractivity contribution in [2.45, 2.75) is 26.4 Å². The molecule has 3 rings (SSSR count).